The normalized spacial score (nSPS) is 10.2. The van der Waals surface area contributed by atoms with Crippen LogP contribution in [0, 0.1) is 5.82 Å². The van der Waals surface area contributed by atoms with E-state index in [0.29, 0.717) is 23.4 Å². The molecule has 0 heterocycles. The van der Waals surface area contributed by atoms with Crippen LogP contribution in [0.1, 0.15) is 29.3 Å². The van der Waals surface area contributed by atoms with E-state index in [4.69, 9.17) is 4.74 Å². The van der Waals surface area contributed by atoms with E-state index in [1.54, 1.807) is 42.5 Å². The summed E-state index contributed by atoms with van der Waals surface area (Å²) >= 11 is 0. The van der Waals surface area contributed by atoms with Gasteiger partial charge in [0.2, 0.25) is 5.91 Å². The minimum atomic E-state index is -0.406. The quantitative estimate of drug-likeness (QED) is 0.829. The maximum Gasteiger partial charge on any atom is 0.338 e. The monoisotopic (exact) mass is 315 g/mol. The predicted molar refractivity (Wildman–Crippen MR) is 85.7 cm³/mol. The molecule has 0 aliphatic carbocycles. The third-order valence-corrected chi connectivity index (χ3v) is 3.15. The number of halogens is 1. The zero-order chi connectivity index (χ0) is 16.7. The Morgan fingerprint density at radius 3 is 2.43 bits per heavy atom. The van der Waals surface area contributed by atoms with Gasteiger partial charge in [-0.2, -0.15) is 0 Å². The topological polar surface area (TPSA) is 55.4 Å². The number of benzene rings is 2. The molecule has 23 heavy (non-hydrogen) atoms. The standard InChI is InChI=1S/C18H18FNO3/c1-2-11-23-18(22)13-7-9-15(10-8-13)20-17(21)12-14-5-3-4-6-16(14)19/h3-10H,2,11-12H2,1H3,(H,20,21). The Hall–Kier alpha value is -2.69. The number of carbonyl (C=O) groups excluding carboxylic acids is 2. The van der Waals surface area contributed by atoms with Crippen LogP contribution < -0.4 is 5.32 Å². The average molecular weight is 315 g/mol. The number of ether oxygens (including phenoxy) is 1. The van der Waals surface area contributed by atoms with Gasteiger partial charge in [-0.05, 0) is 42.3 Å². The molecule has 2 aromatic rings. The Labute approximate surface area is 134 Å². The van der Waals surface area contributed by atoms with Crippen LogP contribution in [0.25, 0.3) is 0 Å². The fourth-order valence-corrected chi connectivity index (χ4v) is 1.99. The maximum atomic E-state index is 13.5. The fourth-order valence-electron chi connectivity index (χ4n) is 1.99. The lowest BCUT2D eigenvalue weighted by Gasteiger charge is -2.07. The number of hydrogen-bond donors (Lipinski definition) is 1. The van der Waals surface area contributed by atoms with E-state index in [0.717, 1.165) is 6.42 Å². The molecule has 2 rings (SSSR count). The van der Waals surface area contributed by atoms with Crippen LogP contribution in [0.15, 0.2) is 48.5 Å². The summed E-state index contributed by atoms with van der Waals surface area (Å²) < 4.78 is 18.5. The molecule has 5 heteroatoms. The summed E-state index contributed by atoms with van der Waals surface area (Å²) in [6.45, 7) is 2.29. The number of esters is 1. The van der Waals surface area contributed by atoms with Crippen molar-refractivity contribution in [3.63, 3.8) is 0 Å². The highest BCUT2D eigenvalue weighted by atomic mass is 19.1. The molecule has 1 amide bonds. The molecule has 120 valence electrons. The Bertz CT molecular complexity index is 683. The fraction of sp³-hybridized carbons (Fsp3) is 0.222. The van der Waals surface area contributed by atoms with E-state index in [1.807, 2.05) is 6.92 Å². The van der Waals surface area contributed by atoms with Gasteiger partial charge in [0.15, 0.2) is 0 Å². The SMILES string of the molecule is CCCOC(=O)c1ccc(NC(=O)Cc2ccccc2F)cc1. The lowest BCUT2D eigenvalue weighted by molar-refractivity contribution is -0.115. The molecule has 0 aromatic heterocycles. The molecule has 2 aromatic carbocycles. The molecule has 0 saturated carbocycles. The molecule has 0 aliphatic heterocycles. The highest BCUT2D eigenvalue weighted by Crippen LogP contribution is 2.13. The zero-order valence-corrected chi connectivity index (χ0v) is 12.8. The average Bonchev–Trinajstić information content (AvgIpc) is 2.55. The van der Waals surface area contributed by atoms with Crippen molar-refractivity contribution in [2.24, 2.45) is 0 Å². The van der Waals surface area contributed by atoms with Gasteiger partial charge in [-0.25, -0.2) is 9.18 Å². The highest BCUT2D eigenvalue weighted by molar-refractivity contribution is 5.94. The first kappa shape index (κ1) is 16.7. The molecule has 0 radical (unpaired) electrons. The van der Waals surface area contributed by atoms with E-state index in [9.17, 15) is 14.0 Å². The minimum absolute atomic E-state index is 0.0486. The predicted octanol–water partition coefficient (Wildman–Crippen LogP) is 3.57. The van der Waals surface area contributed by atoms with Crippen LogP contribution in [0.2, 0.25) is 0 Å². The van der Waals surface area contributed by atoms with Crippen molar-refractivity contribution in [1.82, 2.24) is 0 Å². The van der Waals surface area contributed by atoms with Gasteiger partial charge in [0, 0.05) is 5.69 Å². The molecule has 0 bridgehead atoms. The van der Waals surface area contributed by atoms with Crippen LogP contribution >= 0.6 is 0 Å². The van der Waals surface area contributed by atoms with Crippen LogP contribution in [-0.2, 0) is 16.0 Å². The summed E-state index contributed by atoms with van der Waals surface area (Å²) in [6, 6.07) is 12.5. The van der Waals surface area contributed by atoms with Crippen molar-refractivity contribution in [3.05, 3.63) is 65.5 Å². The molecule has 1 N–H and O–H groups in total. The molecule has 0 saturated heterocycles. The van der Waals surface area contributed by atoms with Gasteiger partial charge in [-0.1, -0.05) is 25.1 Å². The van der Waals surface area contributed by atoms with E-state index in [-0.39, 0.29) is 12.3 Å². The molecule has 0 spiro atoms. The molecule has 0 atom stereocenters. The second-order valence-electron chi connectivity index (χ2n) is 5.03. The van der Waals surface area contributed by atoms with Gasteiger partial charge in [0.05, 0.1) is 18.6 Å². The van der Waals surface area contributed by atoms with Crippen molar-refractivity contribution in [1.29, 1.82) is 0 Å². The smallest absolute Gasteiger partial charge is 0.338 e. The number of amides is 1. The van der Waals surface area contributed by atoms with Gasteiger partial charge in [0.1, 0.15) is 5.82 Å². The van der Waals surface area contributed by atoms with Crippen LogP contribution in [0.4, 0.5) is 10.1 Å². The minimum Gasteiger partial charge on any atom is -0.462 e. The molecule has 4 nitrogen and oxygen atoms in total. The molecule has 0 unspecified atom stereocenters. The van der Waals surface area contributed by atoms with E-state index in [1.165, 1.54) is 6.07 Å². The van der Waals surface area contributed by atoms with E-state index >= 15 is 0 Å². The lowest BCUT2D eigenvalue weighted by Crippen LogP contribution is -2.15. The van der Waals surface area contributed by atoms with Gasteiger partial charge in [-0.15, -0.1) is 0 Å². The zero-order valence-electron chi connectivity index (χ0n) is 12.8. The first-order valence-electron chi connectivity index (χ1n) is 7.40. The van der Waals surface area contributed by atoms with Crippen molar-refractivity contribution in [2.45, 2.75) is 19.8 Å². The summed E-state index contributed by atoms with van der Waals surface area (Å²) in [5.41, 5.74) is 1.30. The third kappa shape index (κ3) is 4.92. The van der Waals surface area contributed by atoms with Crippen molar-refractivity contribution < 1.29 is 18.7 Å². The Morgan fingerprint density at radius 2 is 1.78 bits per heavy atom. The second-order valence-corrected chi connectivity index (χ2v) is 5.03. The number of anilines is 1. The third-order valence-electron chi connectivity index (χ3n) is 3.15. The molecular formula is C18H18FNO3. The Morgan fingerprint density at radius 1 is 1.09 bits per heavy atom. The summed E-state index contributed by atoms with van der Waals surface area (Å²) in [5, 5.41) is 2.67. The maximum absolute atomic E-state index is 13.5. The number of carbonyl (C=O) groups is 2. The van der Waals surface area contributed by atoms with Gasteiger partial charge in [0.25, 0.3) is 0 Å². The van der Waals surface area contributed by atoms with Crippen LogP contribution in [0.3, 0.4) is 0 Å². The largest absolute Gasteiger partial charge is 0.462 e. The first-order valence-corrected chi connectivity index (χ1v) is 7.40. The lowest BCUT2D eigenvalue weighted by atomic mass is 10.1. The van der Waals surface area contributed by atoms with E-state index in [2.05, 4.69) is 5.32 Å². The summed E-state index contributed by atoms with van der Waals surface area (Å²) in [5.74, 6) is -1.12. The highest BCUT2D eigenvalue weighted by Gasteiger charge is 2.09. The summed E-state index contributed by atoms with van der Waals surface area (Å²) in [6.07, 6.45) is 0.711. The van der Waals surface area contributed by atoms with Crippen molar-refractivity contribution >= 4 is 17.6 Å². The Kier molecular flexibility index (Phi) is 5.86. The van der Waals surface area contributed by atoms with Crippen molar-refractivity contribution in [2.75, 3.05) is 11.9 Å². The number of nitrogens with one attached hydrogen (secondary N) is 1. The van der Waals surface area contributed by atoms with Crippen LogP contribution in [0.5, 0.6) is 0 Å². The first-order chi connectivity index (χ1) is 11.1. The van der Waals surface area contributed by atoms with Gasteiger partial charge in [-0.3, -0.25) is 4.79 Å². The van der Waals surface area contributed by atoms with Crippen LogP contribution in [-0.4, -0.2) is 18.5 Å². The number of hydrogen-bond acceptors (Lipinski definition) is 3. The van der Waals surface area contributed by atoms with E-state index < -0.39 is 11.8 Å². The van der Waals surface area contributed by atoms with Crippen molar-refractivity contribution in [3.8, 4) is 0 Å². The molecule has 0 fully saturated rings. The molecule has 0 aliphatic rings. The number of rotatable bonds is 6. The summed E-state index contributed by atoms with van der Waals surface area (Å²) in [7, 11) is 0. The van der Waals surface area contributed by atoms with Gasteiger partial charge >= 0.3 is 5.97 Å². The Balaban J connectivity index is 1.94. The second kappa shape index (κ2) is 8.08. The summed E-state index contributed by atoms with van der Waals surface area (Å²) in [4.78, 5) is 23.6. The molecular weight excluding hydrogens is 297 g/mol. The van der Waals surface area contributed by atoms with Gasteiger partial charge < -0.3 is 10.1 Å².